The van der Waals surface area contributed by atoms with Crippen LogP contribution in [0.2, 0.25) is 0 Å². The fourth-order valence-corrected chi connectivity index (χ4v) is 2.50. The lowest BCUT2D eigenvalue weighted by Gasteiger charge is -2.11. The second-order valence-electron chi connectivity index (χ2n) is 5.56. The number of fused-ring (bicyclic) bond motifs is 3. The minimum Gasteiger partial charge on any atom is -0.477 e. The van der Waals surface area contributed by atoms with Gasteiger partial charge in [0.25, 0.3) is 0 Å². The molecule has 0 spiro atoms. The number of rotatable bonds is 6. The Hall–Kier alpha value is -2.74. The first-order valence-corrected chi connectivity index (χ1v) is 7.31. The number of carboxylic acid groups (broad SMARTS) is 1. The Kier molecular flexibility index (Phi) is 4.07. The molecule has 120 valence electrons. The lowest BCUT2D eigenvalue weighted by Crippen LogP contribution is -2.16. The first-order valence-electron chi connectivity index (χ1n) is 7.31. The van der Waals surface area contributed by atoms with Gasteiger partial charge in [0.1, 0.15) is 11.3 Å². The summed E-state index contributed by atoms with van der Waals surface area (Å²) in [5.41, 5.74) is 1.33. The van der Waals surface area contributed by atoms with Gasteiger partial charge in [0, 0.05) is 24.3 Å². The lowest BCUT2D eigenvalue weighted by atomic mass is 10.1. The van der Waals surface area contributed by atoms with Crippen molar-refractivity contribution in [3.05, 3.63) is 24.2 Å². The smallest absolute Gasteiger partial charge is 0.354 e. The summed E-state index contributed by atoms with van der Waals surface area (Å²) in [7, 11) is 4.02. The number of aromatic nitrogens is 4. The number of carboxylic acids is 1. The van der Waals surface area contributed by atoms with Crippen molar-refractivity contribution in [2.24, 2.45) is 0 Å². The highest BCUT2D eigenvalue weighted by Gasteiger charge is 2.19. The normalized spacial score (nSPS) is 11.4. The number of hydrogen-bond acceptors (Lipinski definition) is 6. The molecule has 0 radical (unpaired) electrons. The third kappa shape index (κ3) is 2.93. The molecule has 0 unspecified atom stereocenters. The molecule has 23 heavy (non-hydrogen) atoms. The summed E-state index contributed by atoms with van der Waals surface area (Å²) in [6.45, 7) is 1.63. The topological polar surface area (TPSA) is 107 Å². The molecular weight excluding hydrogens is 296 g/mol. The highest BCUT2D eigenvalue weighted by molar-refractivity contribution is 6.14. The van der Waals surface area contributed by atoms with Crippen molar-refractivity contribution in [1.29, 1.82) is 0 Å². The van der Waals surface area contributed by atoms with Crippen molar-refractivity contribution in [3.8, 4) is 0 Å². The summed E-state index contributed by atoms with van der Waals surface area (Å²) in [5.74, 6) is -0.530. The van der Waals surface area contributed by atoms with Gasteiger partial charge in [-0.15, -0.1) is 0 Å². The first-order chi connectivity index (χ1) is 11.1. The molecule has 0 aliphatic carbocycles. The molecule has 3 N–H and O–H groups in total. The van der Waals surface area contributed by atoms with Gasteiger partial charge in [-0.3, -0.25) is 10.1 Å². The van der Waals surface area contributed by atoms with E-state index in [2.05, 4.69) is 30.4 Å². The van der Waals surface area contributed by atoms with Gasteiger partial charge < -0.3 is 15.3 Å². The van der Waals surface area contributed by atoms with Crippen molar-refractivity contribution >= 4 is 33.6 Å². The van der Waals surface area contributed by atoms with Gasteiger partial charge in [0.2, 0.25) is 0 Å². The average Bonchev–Trinajstić information content (AvgIpc) is 2.97. The van der Waals surface area contributed by atoms with E-state index in [0.717, 1.165) is 23.9 Å². The summed E-state index contributed by atoms with van der Waals surface area (Å²) in [4.78, 5) is 22.2. The Balaban J connectivity index is 2.05. The molecule has 0 aliphatic heterocycles. The molecule has 0 aromatic carbocycles. The van der Waals surface area contributed by atoms with Gasteiger partial charge in [0.05, 0.1) is 10.9 Å². The maximum atomic E-state index is 11.4. The number of H-pyrrole nitrogens is 1. The third-order valence-corrected chi connectivity index (χ3v) is 3.58. The monoisotopic (exact) mass is 314 g/mol. The summed E-state index contributed by atoms with van der Waals surface area (Å²) in [6.07, 6.45) is 4.22. The first kappa shape index (κ1) is 15.2. The molecule has 0 aliphatic rings. The molecule has 0 bridgehead atoms. The van der Waals surface area contributed by atoms with Crippen molar-refractivity contribution in [3.63, 3.8) is 0 Å². The maximum Gasteiger partial charge on any atom is 0.354 e. The average molecular weight is 314 g/mol. The fraction of sp³-hybridized carbons (Fsp3) is 0.333. The molecule has 3 aromatic rings. The Morgan fingerprint density at radius 1 is 1.43 bits per heavy atom. The zero-order valence-electron chi connectivity index (χ0n) is 13.0. The van der Waals surface area contributed by atoms with Crippen LogP contribution in [0.1, 0.15) is 16.9 Å². The van der Waals surface area contributed by atoms with Crippen LogP contribution >= 0.6 is 0 Å². The highest BCUT2D eigenvalue weighted by Crippen LogP contribution is 2.29. The van der Waals surface area contributed by atoms with E-state index in [1.165, 1.54) is 0 Å². The van der Waals surface area contributed by atoms with Crippen LogP contribution < -0.4 is 5.32 Å². The molecular formula is C15H18N6O2. The molecule has 3 aromatic heterocycles. The van der Waals surface area contributed by atoms with Crippen LogP contribution in [0.5, 0.6) is 0 Å². The van der Waals surface area contributed by atoms with E-state index in [1.54, 1.807) is 18.5 Å². The molecule has 0 atom stereocenters. The van der Waals surface area contributed by atoms with Gasteiger partial charge in [-0.05, 0) is 33.1 Å². The largest absolute Gasteiger partial charge is 0.477 e. The highest BCUT2D eigenvalue weighted by atomic mass is 16.4. The van der Waals surface area contributed by atoms with Crippen LogP contribution in [-0.4, -0.2) is 63.3 Å². The summed E-state index contributed by atoms with van der Waals surface area (Å²) >= 11 is 0. The number of carbonyl (C=O) groups is 1. The number of pyridine rings is 2. The van der Waals surface area contributed by atoms with Crippen LogP contribution in [0, 0.1) is 0 Å². The van der Waals surface area contributed by atoms with Crippen LogP contribution in [0.4, 0.5) is 5.82 Å². The minimum atomic E-state index is -1.06. The van der Waals surface area contributed by atoms with E-state index in [9.17, 15) is 9.90 Å². The second kappa shape index (κ2) is 6.17. The Bertz CT molecular complexity index is 858. The van der Waals surface area contributed by atoms with Gasteiger partial charge in [0.15, 0.2) is 5.69 Å². The zero-order chi connectivity index (χ0) is 16.4. The van der Waals surface area contributed by atoms with Gasteiger partial charge in [-0.2, -0.15) is 5.10 Å². The van der Waals surface area contributed by atoms with Crippen molar-refractivity contribution in [2.75, 3.05) is 32.5 Å². The number of nitrogens with one attached hydrogen (secondary N) is 2. The maximum absolute atomic E-state index is 11.4. The Morgan fingerprint density at radius 3 is 3.00 bits per heavy atom. The molecule has 8 nitrogen and oxygen atoms in total. The predicted molar refractivity (Wildman–Crippen MR) is 87.8 cm³/mol. The molecule has 0 saturated heterocycles. The molecule has 0 amide bonds. The number of aromatic carboxylic acids is 1. The standard InChI is InChI=1S/C15H18N6O2/c1-21(2)7-3-5-17-14-11-12(19-20-13(11)15(22)23)9-8-16-6-4-10(9)18-14/h4,6,8H,3,5,7H2,1-2H3,(H,17,18)(H,19,20)(H,22,23). The molecule has 0 saturated carbocycles. The molecule has 3 heterocycles. The van der Waals surface area contributed by atoms with E-state index in [0.29, 0.717) is 23.3 Å². The van der Waals surface area contributed by atoms with Crippen LogP contribution in [0.15, 0.2) is 18.5 Å². The third-order valence-electron chi connectivity index (χ3n) is 3.58. The van der Waals surface area contributed by atoms with Crippen LogP contribution in [0.3, 0.4) is 0 Å². The minimum absolute atomic E-state index is 0.0355. The fourth-order valence-electron chi connectivity index (χ4n) is 2.50. The van der Waals surface area contributed by atoms with E-state index in [4.69, 9.17) is 0 Å². The zero-order valence-corrected chi connectivity index (χ0v) is 13.0. The predicted octanol–water partition coefficient (Wildman–Crippen LogP) is 1.57. The van der Waals surface area contributed by atoms with E-state index < -0.39 is 5.97 Å². The van der Waals surface area contributed by atoms with Crippen molar-refractivity contribution < 1.29 is 9.90 Å². The summed E-state index contributed by atoms with van der Waals surface area (Å²) < 4.78 is 0. The SMILES string of the molecule is CN(C)CCCNc1nc2ccncc2c2n[nH]c(C(=O)O)c12. The van der Waals surface area contributed by atoms with E-state index in [1.807, 2.05) is 14.1 Å². The second-order valence-corrected chi connectivity index (χ2v) is 5.56. The van der Waals surface area contributed by atoms with E-state index in [-0.39, 0.29) is 5.69 Å². The summed E-state index contributed by atoms with van der Waals surface area (Å²) in [6, 6.07) is 1.79. The van der Waals surface area contributed by atoms with Gasteiger partial charge >= 0.3 is 5.97 Å². The van der Waals surface area contributed by atoms with Gasteiger partial charge in [-0.1, -0.05) is 0 Å². The number of nitrogens with zero attached hydrogens (tertiary/aromatic N) is 4. The van der Waals surface area contributed by atoms with Gasteiger partial charge in [-0.25, -0.2) is 9.78 Å². The molecule has 8 heteroatoms. The lowest BCUT2D eigenvalue weighted by molar-refractivity contribution is 0.0692. The van der Waals surface area contributed by atoms with Crippen molar-refractivity contribution in [2.45, 2.75) is 6.42 Å². The quantitative estimate of drug-likeness (QED) is 0.593. The van der Waals surface area contributed by atoms with E-state index >= 15 is 0 Å². The number of hydrogen-bond donors (Lipinski definition) is 3. The Morgan fingerprint density at radius 2 is 2.26 bits per heavy atom. The number of anilines is 1. The molecule has 3 rings (SSSR count). The number of aromatic amines is 1. The Labute approximate surface area is 132 Å². The van der Waals surface area contributed by atoms with Crippen molar-refractivity contribution in [1.82, 2.24) is 25.1 Å². The van der Waals surface area contributed by atoms with Crippen LogP contribution in [-0.2, 0) is 0 Å². The molecule has 0 fully saturated rings. The van der Waals surface area contributed by atoms with Crippen LogP contribution in [0.25, 0.3) is 21.8 Å². The summed E-state index contributed by atoms with van der Waals surface area (Å²) in [5, 5.41) is 20.6.